The highest BCUT2D eigenvalue weighted by Crippen LogP contribution is 2.11. The summed E-state index contributed by atoms with van der Waals surface area (Å²) in [7, 11) is 0. The highest BCUT2D eigenvalue weighted by atomic mass is 79.9. The lowest BCUT2D eigenvalue weighted by atomic mass is 10.2. The van der Waals surface area contributed by atoms with Crippen molar-refractivity contribution >= 4 is 37.8 Å². The summed E-state index contributed by atoms with van der Waals surface area (Å²) in [6, 6.07) is 9.56. The third-order valence-electron chi connectivity index (χ3n) is 2.33. The molecule has 0 saturated carbocycles. The molecule has 0 unspecified atom stereocenters. The number of pyridine rings is 1. The fourth-order valence-electron chi connectivity index (χ4n) is 1.42. The quantitative estimate of drug-likeness (QED) is 0.899. The highest BCUT2D eigenvalue weighted by molar-refractivity contribution is 9.10. The Morgan fingerprint density at radius 2 is 1.83 bits per heavy atom. The number of amides is 1. The van der Waals surface area contributed by atoms with Crippen LogP contribution in [0.1, 0.15) is 15.9 Å². The van der Waals surface area contributed by atoms with Crippen LogP contribution >= 0.6 is 31.9 Å². The minimum absolute atomic E-state index is 0.133. The minimum atomic E-state index is -0.133. The van der Waals surface area contributed by atoms with Gasteiger partial charge in [-0.1, -0.05) is 28.1 Å². The van der Waals surface area contributed by atoms with Crippen molar-refractivity contribution in [3.8, 4) is 0 Å². The van der Waals surface area contributed by atoms with Crippen molar-refractivity contribution in [1.82, 2.24) is 10.3 Å². The molecule has 0 spiro atoms. The Labute approximate surface area is 122 Å². The fourth-order valence-corrected chi connectivity index (χ4v) is 2.05. The summed E-state index contributed by atoms with van der Waals surface area (Å²) in [5, 5.41) is 2.85. The molecule has 1 aromatic carbocycles. The van der Waals surface area contributed by atoms with Gasteiger partial charge < -0.3 is 5.32 Å². The second kappa shape index (κ2) is 6.11. The number of aromatic nitrogens is 1. The third-order valence-corrected chi connectivity index (χ3v) is 3.30. The first-order valence-corrected chi connectivity index (χ1v) is 6.87. The van der Waals surface area contributed by atoms with Crippen molar-refractivity contribution in [2.24, 2.45) is 0 Å². The average molecular weight is 370 g/mol. The summed E-state index contributed by atoms with van der Waals surface area (Å²) < 4.78 is 1.81. The largest absolute Gasteiger partial charge is 0.348 e. The van der Waals surface area contributed by atoms with E-state index in [-0.39, 0.29) is 5.91 Å². The summed E-state index contributed by atoms with van der Waals surface area (Å²) in [4.78, 5) is 15.8. The van der Waals surface area contributed by atoms with Crippen molar-refractivity contribution in [3.63, 3.8) is 0 Å². The van der Waals surface area contributed by atoms with Crippen LogP contribution in [0.3, 0.4) is 0 Å². The van der Waals surface area contributed by atoms with Gasteiger partial charge in [0.05, 0.1) is 5.56 Å². The lowest BCUT2D eigenvalue weighted by Gasteiger charge is -2.05. The molecule has 0 bridgehead atoms. The number of carbonyl (C=O) groups is 1. The van der Waals surface area contributed by atoms with Crippen molar-refractivity contribution in [1.29, 1.82) is 0 Å². The molecule has 0 aliphatic carbocycles. The lowest BCUT2D eigenvalue weighted by Crippen LogP contribution is -2.22. The van der Waals surface area contributed by atoms with Crippen LogP contribution in [0.2, 0.25) is 0 Å². The molecule has 0 fully saturated rings. The van der Waals surface area contributed by atoms with E-state index in [0.717, 1.165) is 14.5 Å². The van der Waals surface area contributed by atoms with Gasteiger partial charge in [0.2, 0.25) is 0 Å². The highest BCUT2D eigenvalue weighted by Gasteiger charge is 2.05. The Morgan fingerprint density at radius 1 is 1.11 bits per heavy atom. The molecule has 1 N–H and O–H groups in total. The standard InChI is InChI=1S/C13H10Br2N2O/c14-11-3-1-9(2-4-11)6-17-13(18)10-5-12(15)8-16-7-10/h1-5,7-8H,6H2,(H,17,18). The maximum Gasteiger partial charge on any atom is 0.253 e. The van der Waals surface area contributed by atoms with Gasteiger partial charge in [-0.2, -0.15) is 0 Å². The lowest BCUT2D eigenvalue weighted by molar-refractivity contribution is 0.0950. The molecule has 2 rings (SSSR count). The molecule has 0 atom stereocenters. The number of hydrogen-bond donors (Lipinski definition) is 1. The van der Waals surface area contributed by atoms with E-state index in [1.54, 1.807) is 18.5 Å². The van der Waals surface area contributed by atoms with Gasteiger partial charge in [-0.15, -0.1) is 0 Å². The van der Waals surface area contributed by atoms with Gasteiger partial charge in [-0.05, 0) is 39.7 Å². The summed E-state index contributed by atoms with van der Waals surface area (Å²) in [6.07, 6.45) is 3.19. The summed E-state index contributed by atoms with van der Waals surface area (Å²) in [5.74, 6) is -0.133. The number of benzene rings is 1. The van der Waals surface area contributed by atoms with Gasteiger partial charge in [-0.25, -0.2) is 0 Å². The number of nitrogens with zero attached hydrogens (tertiary/aromatic N) is 1. The number of rotatable bonds is 3. The van der Waals surface area contributed by atoms with Crippen LogP contribution in [0, 0.1) is 0 Å². The van der Waals surface area contributed by atoms with Crippen LogP contribution < -0.4 is 5.32 Å². The summed E-state index contributed by atoms with van der Waals surface area (Å²) in [6.45, 7) is 0.499. The number of hydrogen-bond acceptors (Lipinski definition) is 2. The first-order chi connectivity index (χ1) is 8.65. The second-order valence-corrected chi connectivity index (χ2v) is 5.53. The third kappa shape index (κ3) is 3.65. The Hall–Kier alpha value is -1.20. The first kappa shape index (κ1) is 13.2. The van der Waals surface area contributed by atoms with Crippen molar-refractivity contribution in [3.05, 3.63) is 62.8 Å². The molecule has 1 aromatic heterocycles. The molecule has 1 amide bonds. The fraction of sp³-hybridized carbons (Fsp3) is 0.0769. The molecular formula is C13H10Br2N2O. The molecular weight excluding hydrogens is 360 g/mol. The predicted molar refractivity (Wildman–Crippen MR) is 77.2 cm³/mol. The number of carbonyl (C=O) groups excluding carboxylic acids is 1. The van der Waals surface area contributed by atoms with E-state index in [1.165, 1.54) is 0 Å². The Balaban J connectivity index is 1.98. The van der Waals surface area contributed by atoms with Gasteiger partial charge in [0, 0.05) is 27.9 Å². The molecule has 3 nitrogen and oxygen atoms in total. The summed E-state index contributed by atoms with van der Waals surface area (Å²) >= 11 is 6.66. The Kier molecular flexibility index (Phi) is 4.49. The normalized spacial score (nSPS) is 10.1. The van der Waals surface area contributed by atoms with Gasteiger partial charge in [0.1, 0.15) is 0 Å². The Bertz CT molecular complexity index is 555. The molecule has 5 heteroatoms. The summed E-state index contributed by atoms with van der Waals surface area (Å²) in [5.41, 5.74) is 1.59. The van der Waals surface area contributed by atoms with E-state index in [2.05, 4.69) is 42.2 Å². The van der Waals surface area contributed by atoms with Crippen molar-refractivity contribution < 1.29 is 4.79 Å². The minimum Gasteiger partial charge on any atom is -0.348 e. The number of nitrogens with one attached hydrogen (secondary N) is 1. The second-order valence-electron chi connectivity index (χ2n) is 3.70. The average Bonchev–Trinajstić information content (AvgIpc) is 2.38. The molecule has 0 saturated heterocycles. The van der Waals surface area contributed by atoms with Crippen LogP contribution in [0.5, 0.6) is 0 Å². The van der Waals surface area contributed by atoms with Crippen LogP contribution in [0.15, 0.2) is 51.7 Å². The van der Waals surface area contributed by atoms with E-state index in [1.807, 2.05) is 24.3 Å². The molecule has 0 radical (unpaired) electrons. The van der Waals surface area contributed by atoms with Gasteiger partial charge in [0.25, 0.3) is 5.91 Å². The number of halogens is 2. The molecule has 1 heterocycles. The van der Waals surface area contributed by atoms with Crippen LogP contribution in [0.4, 0.5) is 0 Å². The van der Waals surface area contributed by atoms with Crippen LogP contribution in [0.25, 0.3) is 0 Å². The van der Waals surface area contributed by atoms with E-state index in [9.17, 15) is 4.79 Å². The van der Waals surface area contributed by atoms with E-state index < -0.39 is 0 Å². The predicted octanol–water partition coefficient (Wildman–Crippen LogP) is 3.54. The topological polar surface area (TPSA) is 42.0 Å². The van der Waals surface area contributed by atoms with Crippen molar-refractivity contribution in [2.75, 3.05) is 0 Å². The van der Waals surface area contributed by atoms with E-state index >= 15 is 0 Å². The van der Waals surface area contributed by atoms with Gasteiger partial charge in [-0.3, -0.25) is 9.78 Å². The maximum atomic E-state index is 11.9. The van der Waals surface area contributed by atoms with E-state index in [0.29, 0.717) is 12.1 Å². The first-order valence-electron chi connectivity index (χ1n) is 5.28. The zero-order valence-electron chi connectivity index (χ0n) is 9.36. The van der Waals surface area contributed by atoms with Crippen LogP contribution in [-0.2, 0) is 6.54 Å². The SMILES string of the molecule is O=C(NCc1ccc(Br)cc1)c1cncc(Br)c1. The van der Waals surface area contributed by atoms with Gasteiger partial charge >= 0.3 is 0 Å². The maximum absolute atomic E-state index is 11.9. The van der Waals surface area contributed by atoms with Crippen molar-refractivity contribution in [2.45, 2.75) is 6.54 Å². The van der Waals surface area contributed by atoms with E-state index in [4.69, 9.17) is 0 Å². The molecule has 0 aliphatic rings. The smallest absolute Gasteiger partial charge is 0.253 e. The zero-order valence-corrected chi connectivity index (χ0v) is 12.5. The van der Waals surface area contributed by atoms with Gasteiger partial charge in [0.15, 0.2) is 0 Å². The molecule has 92 valence electrons. The molecule has 18 heavy (non-hydrogen) atoms. The Morgan fingerprint density at radius 3 is 2.50 bits per heavy atom. The zero-order chi connectivity index (χ0) is 13.0. The van der Waals surface area contributed by atoms with Crippen LogP contribution in [-0.4, -0.2) is 10.9 Å². The molecule has 2 aromatic rings. The molecule has 0 aliphatic heterocycles. The monoisotopic (exact) mass is 368 g/mol.